The van der Waals surface area contributed by atoms with Crippen LogP contribution < -0.4 is 10.1 Å². The topological polar surface area (TPSA) is 120 Å². The third-order valence-electron chi connectivity index (χ3n) is 5.40. The number of carbonyl (C=O) groups excluding carboxylic acids is 2. The molecule has 0 bridgehead atoms. The largest absolute Gasteiger partial charge is 0.497 e. The van der Waals surface area contributed by atoms with Crippen LogP contribution in [0.25, 0.3) is 10.2 Å². The molecule has 1 amide bonds. The molecule has 4 rings (SSSR count). The minimum atomic E-state index is -4.00. The lowest BCUT2D eigenvalue weighted by atomic mass is 10.2. The van der Waals surface area contributed by atoms with Crippen molar-refractivity contribution in [2.45, 2.75) is 30.7 Å². The van der Waals surface area contributed by atoms with Gasteiger partial charge in [0.2, 0.25) is 15.9 Å². The van der Waals surface area contributed by atoms with Crippen molar-refractivity contribution in [2.24, 2.45) is 7.05 Å². The predicted molar refractivity (Wildman–Crippen MR) is 123 cm³/mol. The standard InChI is InChI=1S/C21H24N4O6S2/c1-4-31-20(27)17-11-14(12-24(17)2)33(28,29)25-9-5-6-16(25)19(26)23-21-22-15-8-7-13(30-3)10-18(15)32-21/h7-8,10-12,16H,4-6,9H2,1-3H3,(H,22,23,26)/t16-/m0/s1. The number of methoxy groups -OCH3 is 1. The van der Waals surface area contributed by atoms with Crippen molar-refractivity contribution in [3.05, 3.63) is 36.2 Å². The smallest absolute Gasteiger partial charge is 0.354 e. The van der Waals surface area contributed by atoms with Gasteiger partial charge in [0, 0.05) is 19.8 Å². The number of anilines is 1. The number of amides is 1. The van der Waals surface area contributed by atoms with E-state index in [0.717, 1.165) is 4.70 Å². The summed E-state index contributed by atoms with van der Waals surface area (Å²) in [6.45, 7) is 2.06. The summed E-state index contributed by atoms with van der Waals surface area (Å²) in [6, 6.07) is 5.81. The van der Waals surface area contributed by atoms with Crippen LogP contribution in [0.15, 0.2) is 35.4 Å². The van der Waals surface area contributed by atoms with Gasteiger partial charge >= 0.3 is 5.97 Å². The van der Waals surface area contributed by atoms with Crippen molar-refractivity contribution in [3.63, 3.8) is 0 Å². The van der Waals surface area contributed by atoms with Gasteiger partial charge in [-0.3, -0.25) is 4.79 Å². The number of aryl methyl sites for hydroxylation is 1. The van der Waals surface area contributed by atoms with Gasteiger partial charge in [0.15, 0.2) is 5.13 Å². The zero-order valence-electron chi connectivity index (χ0n) is 18.4. The van der Waals surface area contributed by atoms with E-state index < -0.39 is 27.9 Å². The van der Waals surface area contributed by atoms with E-state index in [0.29, 0.717) is 29.2 Å². The maximum atomic E-state index is 13.3. The molecule has 0 saturated carbocycles. The Kier molecular flexibility index (Phi) is 6.41. The van der Waals surface area contributed by atoms with Gasteiger partial charge in [0.25, 0.3) is 0 Å². The van der Waals surface area contributed by atoms with Crippen molar-refractivity contribution < 1.29 is 27.5 Å². The molecule has 176 valence electrons. The number of thiazole rings is 1. The number of nitrogens with one attached hydrogen (secondary N) is 1. The fourth-order valence-electron chi connectivity index (χ4n) is 3.78. The molecule has 2 aromatic heterocycles. The van der Waals surface area contributed by atoms with E-state index in [4.69, 9.17) is 9.47 Å². The Morgan fingerprint density at radius 1 is 1.30 bits per heavy atom. The van der Waals surface area contributed by atoms with Gasteiger partial charge < -0.3 is 19.4 Å². The van der Waals surface area contributed by atoms with Crippen LogP contribution in [0.4, 0.5) is 5.13 Å². The van der Waals surface area contributed by atoms with E-state index in [-0.39, 0.29) is 23.7 Å². The molecule has 1 aromatic carbocycles. The molecule has 1 aliphatic rings. The number of aromatic nitrogens is 2. The second kappa shape index (κ2) is 9.12. The Morgan fingerprint density at radius 3 is 2.82 bits per heavy atom. The number of nitrogens with zero attached hydrogens (tertiary/aromatic N) is 3. The van der Waals surface area contributed by atoms with Crippen LogP contribution in [0.1, 0.15) is 30.3 Å². The molecule has 0 radical (unpaired) electrons. The molecule has 1 N–H and O–H groups in total. The monoisotopic (exact) mass is 492 g/mol. The van der Waals surface area contributed by atoms with Gasteiger partial charge in [-0.1, -0.05) is 11.3 Å². The van der Waals surface area contributed by atoms with Crippen LogP contribution in [0.3, 0.4) is 0 Å². The van der Waals surface area contributed by atoms with Gasteiger partial charge in [0.05, 0.1) is 23.9 Å². The molecule has 33 heavy (non-hydrogen) atoms. The average Bonchev–Trinajstić information content (AvgIpc) is 3.51. The van der Waals surface area contributed by atoms with Crippen LogP contribution in [0, 0.1) is 0 Å². The van der Waals surface area contributed by atoms with Crippen LogP contribution in [0.5, 0.6) is 5.75 Å². The fraction of sp³-hybridized carbons (Fsp3) is 0.381. The minimum absolute atomic E-state index is 0.0557. The molecule has 10 nitrogen and oxygen atoms in total. The molecule has 1 atom stereocenters. The molecule has 0 unspecified atom stereocenters. The number of esters is 1. The van der Waals surface area contributed by atoms with Crippen molar-refractivity contribution in [2.75, 3.05) is 25.6 Å². The first-order valence-corrected chi connectivity index (χ1v) is 12.6. The van der Waals surface area contributed by atoms with E-state index in [2.05, 4.69) is 10.3 Å². The van der Waals surface area contributed by atoms with Crippen molar-refractivity contribution in [1.29, 1.82) is 0 Å². The summed E-state index contributed by atoms with van der Waals surface area (Å²) in [4.78, 5) is 29.5. The summed E-state index contributed by atoms with van der Waals surface area (Å²) >= 11 is 1.29. The maximum absolute atomic E-state index is 13.3. The number of carbonyl (C=O) groups is 2. The highest BCUT2D eigenvalue weighted by atomic mass is 32.2. The highest BCUT2D eigenvalue weighted by Crippen LogP contribution is 2.31. The van der Waals surface area contributed by atoms with Crippen molar-refractivity contribution in [1.82, 2.24) is 13.9 Å². The predicted octanol–water partition coefficient (Wildman–Crippen LogP) is 2.61. The average molecular weight is 493 g/mol. The number of hydrogen-bond donors (Lipinski definition) is 1. The first kappa shape index (κ1) is 23.2. The van der Waals surface area contributed by atoms with E-state index in [1.807, 2.05) is 6.07 Å². The second-order valence-electron chi connectivity index (χ2n) is 7.51. The maximum Gasteiger partial charge on any atom is 0.354 e. The second-order valence-corrected chi connectivity index (χ2v) is 10.4. The fourth-order valence-corrected chi connectivity index (χ4v) is 6.41. The van der Waals surface area contributed by atoms with Crippen molar-refractivity contribution in [3.8, 4) is 5.75 Å². The number of hydrogen-bond acceptors (Lipinski definition) is 8. The van der Waals surface area contributed by atoms with Crippen LogP contribution >= 0.6 is 11.3 Å². The molecule has 0 spiro atoms. The lowest BCUT2D eigenvalue weighted by molar-refractivity contribution is -0.119. The van der Waals surface area contributed by atoms with Gasteiger partial charge in [-0.15, -0.1) is 0 Å². The Labute approximate surface area is 195 Å². The number of benzene rings is 1. The van der Waals surface area contributed by atoms with E-state index in [1.165, 1.54) is 32.5 Å². The Morgan fingerprint density at radius 2 is 2.09 bits per heavy atom. The third-order valence-corrected chi connectivity index (χ3v) is 8.21. The molecule has 0 aliphatic carbocycles. The van der Waals surface area contributed by atoms with Gasteiger partial charge in [-0.25, -0.2) is 18.2 Å². The third kappa shape index (κ3) is 4.45. The molecular formula is C21H24N4O6S2. The number of ether oxygens (including phenoxy) is 2. The SMILES string of the molecule is CCOC(=O)c1cc(S(=O)(=O)N2CCC[C@H]2C(=O)Nc2nc3ccc(OC)cc3s2)cn1C. The first-order valence-electron chi connectivity index (χ1n) is 10.4. The zero-order chi connectivity index (χ0) is 23.8. The lowest BCUT2D eigenvalue weighted by Crippen LogP contribution is -2.43. The molecule has 1 aliphatic heterocycles. The van der Waals surface area contributed by atoms with Crippen molar-refractivity contribution >= 4 is 48.6 Å². The summed E-state index contributed by atoms with van der Waals surface area (Å²) in [6.07, 6.45) is 2.29. The highest BCUT2D eigenvalue weighted by Gasteiger charge is 2.40. The van der Waals surface area contributed by atoms with E-state index in [9.17, 15) is 18.0 Å². The van der Waals surface area contributed by atoms with Gasteiger partial charge in [-0.05, 0) is 44.0 Å². The van der Waals surface area contributed by atoms with Crippen LogP contribution in [-0.2, 0) is 26.6 Å². The quantitative estimate of drug-likeness (QED) is 0.504. The zero-order valence-corrected chi connectivity index (χ0v) is 20.0. The highest BCUT2D eigenvalue weighted by molar-refractivity contribution is 7.89. The normalized spacial score (nSPS) is 16.8. The molecule has 12 heteroatoms. The molecule has 1 fully saturated rings. The summed E-state index contributed by atoms with van der Waals surface area (Å²) < 4.78 is 40.3. The van der Waals surface area contributed by atoms with Gasteiger partial charge in [0.1, 0.15) is 22.4 Å². The molecular weight excluding hydrogens is 468 g/mol. The molecule has 1 saturated heterocycles. The van der Waals surface area contributed by atoms with Crippen LogP contribution in [-0.4, -0.2) is 60.5 Å². The molecule has 3 aromatic rings. The van der Waals surface area contributed by atoms with Gasteiger partial charge in [-0.2, -0.15) is 4.31 Å². The lowest BCUT2D eigenvalue weighted by Gasteiger charge is -2.22. The van der Waals surface area contributed by atoms with E-state index >= 15 is 0 Å². The van der Waals surface area contributed by atoms with Crippen LogP contribution in [0.2, 0.25) is 0 Å². The summed E-state index contributed by atoms with van der Waals surface area (Å²) in [5.41, 5.74) is 0.836. The Bertz CT molecular complexity index is 1310. The Balaban J connectivity index is 1.55. The number of sulfonamides is 1. The Hall–Kier alpha value is -2.96. The van der Waals surface area contributed by atoms with E-state index in [1.54, 1.807) is 33.2 Å². The molecule has 3 heterocycles. The summed E-state index contributed by atoms with van der Waals surface area (Å²) in [5, 5.41) is 3.14. The number of rotatable bonds is 7. The summed E-state index contributed by atoms with van der Waals surface area (Å²) in [7, 11) is -0.856. The number of fused-ring (bicyclic) bond motifs is 1. The summed E-state index contributed by atoms with van der Waals surface area (Å²) in [5.74, 6) is -0.365. The first-order chi connectivity index (χ1) is 15.7. The minimum Gasteiger partial charge on any atom is -0.497 e.